The van der Waals surface area contributed by atoms with Crippen LogP contribution in [0.15, 0.2) is 67.4 Å². The summed E-state index contributed by atoms with van der Waals surface area (Å²) < 4.78 is 42.5. The van der Waals surface area contributed by atoms with Crippen molar-refractivity contribution >= 4 is 11.4 Å². The average Bonchev–Trinajstić information content (AvgIpc) is 2.72. The summed E-state index contributed by atoms with van der Waals surface area (Å²) in [6, 6.07) is 13.8. The molecule has 0 fully saturated rings. The van der Waals surface area contributed by atoms with E-state index in [1.165, 1.54) is 30.5 Å². The van der Waals surface area contributed by atoms with Crippen molar-refractivity contribution in [2.24, 2.45) is 0 Å². The van der Waals surface area contributed by atoms with Gasteiger partial charge in [0.2, 0.25) is 0 Å². The fourth-order valence-corrected chi connectivity index (χ4v) is 3.11. The molecule has 148 valence electrons. The van der Waals surface area contributed by atoms with Crippen LogP contribution < -0.4 is 0 Å². The second kappa shape index (κ2) is 8.03. The molecule has 0 aliphatic heterocycles. The van der Waals surface area contributed by atoms with E-state index in [-0.39, 0.29) is 28.0 Å². The van der Waals surface area contributed by atoms with Gasteiger partial charge in [-0.15, -0.1) is 0 Å². The lowest BCUT2D eigenvalue weighted by molar-refractivity contribution is 0.0178. The van der Waals surface area contributed by atoms with Gasteiger partial charge in [0, 0.05) is 35.4 Å². The van der Waals surface area contributed by atoms with Gasteiger partial charge in [0.15, 0.2) is 5.78 Å². The lowest BCUT2D eigenvalue weighted by Gasteiger charge is -2.15. The third kappa shape index (κ3) is 4.29. The predicted molar refractivity (Wildman–Crippen MR) is 108 cm³/mol. The van der Waals surface area contributed by atoms with Crippen LogP contribution in [-0.4, -0.2) is 10.8 Å². The summed E-state index contributed by atoms with van der Waals surface area (Å²) in [7, 11) is 0. The standard InChI is InChI=1S/C24H20F3NO/c1-4-16-7-5-8-17(13-16)15(2)23(29)18-10-11-19(21(25)14-18)22-20(24(3,26)27)9-6-12-28-22/h5-14H,2,4H2,1,3H3. The number of benzene rings is 2. The second-order valence-electron chi connectivity index (χ2n) is 6.84. The minimum absolute atomic E-state index is 0.0859. The van der Waals surface area contributed by atoms with Gasteiger partial charge in [0.1, 0.15) is 5.82 Å². The zero-order valence-corrected chi connectivity index (χ0v) is 16.2. The molecule has 2 aromatic carbocycles. The van der Waals surface area contributed by atoms with Gasteiger partial charge in [-0.1, -0.05) is 43.8 Å². The molecular formula is C24H20F3NO. The molecule has 1 heterocycles. The smallest absolute Gasteiger partial charge is 0.272 e. The Morgan fingerprint density at radius 1 is 1.07 bits per heavy atom. The Balaban J connectivity index is 1.96. The van der Waals surface area contributed by atoms with E-state index in [1.54, 1.807) is 6.07 Å². The van der Waals surface area contributed by atoms with Crippen molar-refractivity contribution in [3.63, 3.8) is 0 Å². The molecular weight excluding hydrogens is 375 g/mol. The minimum atomic E-state index is -3.18. The number of nitrogens with zero attached hydrogens (tertiary/aromatic N) is 1. The van der Waals surface area contributed by atoms with Crippen LogP contribution in [0.2, 0.25) is 0 Å². The van der Waals surface area contributed by atoms with E-state index < -0.39 is 17.5 Å². The van der Waals surface area contributed by atoms with Crippen molar-refractivity contribution in [1.82, 2.24) is 4.98 Å². The first-order valence-electron chi connectivity index (χ1n) is 9.18. The highest BCUT2D eigenvalue weighted by Crippen LogP contribution is 2.35. The van der Waals surface area contributed by atoms with Crippen LogP contribution in [0.5, 0.6) is 0 Å². The largest absolute Gasteiger partial charge is 0.289 e. The van der Waals surface area contributed by atoms with E-state index in [4.69, 9.17) is 0 Å². The van der Waals surface area contributed by atoms with Gasteiger partial charge in [-0.25, -0.2) is 13.2 Å². The van der Waals surface area contributed by atoms with Crippen molar-refractivity contribution < 1.29 is 18.0 Å². The fourth-order valence-electron chi connectivity index (χ4n) is 3.11. The third-order valence-corrected chi connectivity index (χ3v) is 4.72. The number of pyridine rings is 1. The van der Waals surface area contributed by atoms with Gasteiger partial charge in [-0.3, -0.25) is 9.78 Å². The number of allylic oxidation sites excluding steroid dienone is 1. The minimum Gasteiger partial charge on any atom is -0.289 e. The molecule has 0 N–H and O–H groups in total. The number of carbonyl (C=O) groups excluding carboxylic acids is 1. The average molecular weight is 395 g/mol. The van der Waals surface area contributed by atoms with Crippen molar-refractivity contribution in [3.8, 4) is 11.3 Å². The summed E-state index contributed by atoms with van der Waals surface area (Å²) >= 11 is 0. The molecule has 0 radical (unpaired) electrons. The Labute approximate surface area is 167 Å². The molecule has 0 aliphatic rings. The normalized spacial score (nSPS) is 11.3. The van der Waals surface area contributed by atoms with E-state index in [0.29, 0.717) is 5.56 Å². The molecule has 0 saturated carbocycles. The Hall–Kier alpha value is -3.21. The van der Waals surface area contributed by atoms with E-state index in [2.05, 4.69) is 11.6 Å². The monoisotopic (exact) mass is 395 g/mol. The van der Waals surface area contributed by atoms with Crippen LogP contribution in [0.25, 0.3) is 16.8 Å². The number of rotatable bonds is 6. The van der Waals surface area contributed by atoms with Gasteiger partial charge in [-0.2, -0.15) is 0 Å². The summed E-state index contributed by atoms with van der Waals surface area (Å²) in [6.45, 7) is 6.59. The maximum absolute atomic E-state index is 14.8. The van der Waals surface area contributed by atoms with E-state index in [0.717, 1.165) is 25.0 Å². The quantitative estimate of drug-likeness (QED) is 0.354. The predicted octanol–water partition coefficient (Wildman–Crippen LogP) is 6.46. The first-order valence-corrected chi connectivity index (χ1v) is 9.18. The first kappa shape index (κ1) is 20.5. The molecule has 0 aliphatic carbocycles. The highest BCUT2D eigenvalue weighted by atomic mass is 19.3. The number of ketones is 1. The Kier molecular flexibility index (Phi) is 5.69. The van der Waals surface area contributed by atoms with Crippen molar-refractivity contribution in [3.05, 3.63) is 95.4 Å². The molecule has 3 aromatic rings. The number of aryl methyl sites for hydroxylation is 1. The van der Waals surface area contributed by atoms with E-state index in [9.17, 15) is 18.0 Å². The molecule has 0 bridgehead atoms. The topological polar surface area (TPSA) is 30.0 Å². The van der Waals surface area contributed by atoms with Gasteiger partial charge in [0.05, 0.1) is 5.69 Å². The third-order valence-electron chi connectivity index (χ3n) is 4.72. The van der Waals surface area contributed by atoms with Crippen molar-refractivity contribution in [1.29, 1.82) is 0 Å². The number of aromatic nitrogens is 1. The molecule has 0 unspecified atom stereocenters. The number of halogens is 3. The summed E-state index contributed by atoms with van der Waals surface area (Å²) in [6.07, 6.45) is 2.14. The van der Waals surface area contributed by atoms with Crippen molar-refractivity contribution in [2.45, 2.75) is 26.2 Å². The molecule has 0 spiro atoms. The molecule has 3 rings (SSSR count). The number of Topliss-reactive ketones (excluding diaryl/α,β-unsaturated/α-hetero) is 1. The van der Waals surface area contributed by atoms with Gasteiger partial charge < -0.3 is 0 Å². The van der Waals surface area contributed by atoms with Gasteiger partial charge in [-0.05, 0) is 41.8 Å². The lowest BCUT2D eigenvalue weighted by Crippen LogP contribution is -2.10. The van der Waals surface area contributed by atoms with Crippen LogP contribution in [0.4, 0.5) is 13.2 Å². The summed E-state index contributed by atoms with van der Waals surface area (Å²) in [5.41, 5.74) is 1.45. The van der Waals surface area contributed by atoms with Gasteiger partial charge >= 0.3 is 0 Å². The summed E-state index contributed by atoms with van der Waals surface area (Å²) in [4.78, 5) is 16.7. The molecule has 5 heteroatoms. The molecule has 2 nitrogen and oxygen atoms in total. The molecule has 29 heavy (non-hydrogen) atoms. The van der Waals surface area contributed by atoms with E-state index >= 15 is 0 Å². The van der Waals surface area contributed by atoms with Crippen LogP contribution >= 0.6 is 0 Å². The maximum atomic E-state index is 14.8. The molecule has 0 atom stereocenters. The maximum Gasteiger partial charge on any atom is 0.272 e. The summed E-state index contributed by atoms with van der Waals surface area (Å²) in [5, 5.41) is 0. The highest BCUT2D eigenvalue weighted by Gasteiger charge is 2.29. The van der Waals surface area contributed by atoms with Crippen LogP contribution in [0, 0.1) is 5.82 Å². The van der Waals surface area contributed by atoms with Crippen LogP contribution in [-0.2, 0) is 12.3 Å². The highest BCUT2D eigenvalue weighted by molar-refractivity contribution is 6.28. The Morgan fingerprint density at radius 3 is 2.48 bits per heavy atom. The SMILES string of the molecule is C=C(C(=O)c1ccc(-c2ncccc2C(C)(F)F)c(F)c1)c1cccc(CC)c1. The molecule has 0 amide bonds. The van der Waals surface area contributed by atoms with E-state index in [1.807, 2.05) is 25.1 Å². The second-order valence-corrected chi connectivity index (χ2v) is 6.84. The Bertz CT molecular complexity index is 1080. The number of carbonyl (C=O) groups is 1. The summed E-state index contributed by atoms with van der Waals surface area (Å²) in [5.74, 6) is -4.40. The van der Waals surface area contributed by atoms with Crippen LogP contribution in [0.1, 0.15) is 40.9 Å². The van der Waals surface area contributed by atoms with Gasteiger partial charge in [0.25, 0.3) is 5.92 Å². The zero-order chi connectivity index (χ0) is 21.2. The van der Waals surface area contributed by atoms with Crippen molar-refractivity contribution in [2.75, 3.05) is 0 Å². The first-order chi connectivity index (χ1) is 13.7. The fraction of sp³-hybridized carbons (Fsp3) is 0.167. The Morgan fingerprint density at radius 2 is 1.83 bits per heavy atom. The zero-order valence-electron chi connectivity index (χ0n) is 16.2. The molecule has 1 aromatic heterocycles. The van der Waals surface area contributed by atoms with Crippen LogP contribution in [0.3, 0.4) is 0 Å². The number of alkyl halides is 2. The lowest BCUT2D eigenvalue weighted by atomic mass is 9.94. The number of hydrogen-bond acceptors (Lipinski definition) is 2. The molecule has 0 saturated heterocycles. The number of hydrogen-bond donors (Lipinski definition) is 0.